The number of aromatic nitrogens is 4. The van der Waals surface area contributed by atoms with E-state index >= 15 is 0 Å². The lowest BCUT2D eigenvalue weighted by atomic mass is 10.3. The van der Waals surface area contributed by atoms with Gasteiger partial charge >= 0.3 is 0 Å². The summed E-state index contributed by atoms with van der Waals surface area (Å²) in [5.74, 6) is 1.18. The van der Waals surface area contributed by atoms with Crippen LogP contribution in [0.1, 0.15) is 22.7 Å². The van der Waals surface area contributed by atoms with E-state index in [0.29, 0.717) is 31.3 Å². The van der Waals surface area contributed by atoms with Gasteiger partial charge in [-0.25, -0.2) is 0 Å². The highest BCUT2D eigenvalue weighted by molar-refractivity contribution is 5.92. The molecule has 0 saturated carbocycles. The van der Waals surface area contributed by atoms with E-state index in [4.69, 9.17) is 9.26 Å². The van der Waals surface area contributed by atoms with Crippen LogP contribution in [0.15, 0.2) is 16.9 Å². The Labute approximate surface area is 127 Å². The van der Waals surface area contributed by atoms with Crippen LogP contribution in [0.2, 0.25) is 0 Å². The quantitative estimate of drug-likeness (QED) is 0.722. The molecule has 0 atom stereocenters. The highest BCUT2D eigenvalue weighted by Gasteiger charge is 2.18. The normalized spacial score (nSPS) is 15.0. The van der Waals surface area contributed by atoms with E-state index < -0.39 is 0 Å². The van der Waals surface area contributed by atoms with Crippen molar-refractivity contribution >= 4 is 11.8 Å². The van der Waals surface area contributed by atoms with E-state index in [1.165, 1.54) is 6.33 Å². The fourth-order valence-corrected chi connectivity index (χ4v) is 2.21. The van der Waals surface area contributed by atoms with Gasteiger partial charge in [-0.1, -0.05) is 5.16 Å². The van der Waals surface area contributed by atoms with Crippen LogP contribution in [0.5, 0.6) is 0 Å². The molecule has 1 aliphatic rings. The number of nitrogens with zero attached hydrogens (tertiary/aromatic N) is 4. The van der Waals surface area contributed by atoms with Gasteiger partial charge in [0.05, 0.1) is 13.2 Å². The maximum atomic E-state index is 12.0. The lowest BCUT2D eigenvalue weighted by molar-refractivity contribution is 0.0944. The molecule has 1 amide bonds. The predicted octanol–water partition coefficient (Wildman–Crippen LogP) is -0.00810. The fraction of sp³-hybridized carbons (Fsp3) is 0.538. The Morgan fingerprint density at radius 2 is 2.27 bits per heavy atom. The van der Waals surface area contributed by atoms with Crippen molar-refractivity contribution in [3.05, 3.63) is 23.9 Å². The van der Waals surface area contributed by atoms with Crippen molar-refractivity contribution in [3.8, 4) is 0 Å². The van der Waals surface area contributed by atoms with Gasteiger partial charge in [-0.2, -0.15) is 0 Å². The lowest BCUT2D eigenvalue weighted by Gasteiger charge is -2.25. The maximum absolute atomic E-state index is 12.0. The highest BCUT2D eigenvalue weighted by atomic mass is 16.5. The number of anilines is 1. The summed E-state index contributed by atoms with van der Waals surface area (Å²) >= 11 is 0. The van der Waals surface area contributed by atoms with Gasteiger partial charge in [0.15, 0.2) is 5.69 Å². The Balaban J connectivity index is 1.44. The molecule has 0 bridgehead atoms. The lowest BCUT2D eigenvalue weighted by Crippen LogP contribution is -2.35. The SMILES string of the molecule is O=C(NCCCc1nnc[nH]1)c1cc(N2CCOCC2)on1. The molecule has 0 spiro atoms. The van der Waals surface area contributed by atoms with Crippen LogP contribution in [0, 0.1) is 0 Å². The standard InChI is InChI=1S/C13H18N6O3/c20-13(14-3-1-2-11-15-9-16-17-11)10-8-12(22-18-10)19-4-6-21-7-5-19/h8-9H,1-7H2,(H,14,20)(H,15,16,17). The van der Waals surface area contributed by atoms with Gasteiger partial charge < -0.3 is 24.5 Å². The second kappa shape index (κ2) is 7.03. The molecule has 0 radical (unpaired) electrons. The number of aromatic amines is 1. The number of ether oxygens (including phenoxy) is 1. The first-order valence-electron chi connectivity index (χ1n) is 7.25. The molecule has 2 N–H and O–H groups in total. The van der Waals surface area contributed by atoms with Crippen molar-refractivity contribution in [2.45, 2.75) is 12.8 Å². The first kappa shape index (κ1) is 14.5. The molecule has 9 heteroatoms. The number of carbonyl (C=O) groups excluding carboxylic acids is 1. The number of amides is 1. The Bertz CT molecular complexity index is 591. The van der Waals surface area contributed by atoms with Crippen LogP contribution in [-0.4, -0.2) is 59.1 Å². The number of H-pyrrole nitrogens is 1. The number of nitrogens with one attached hydrogen (secondary N) is 2. The molecular formula is C13H18N6O3. The summed E-state index contributed by atoms with van der Waals surface area (Å²) in [5.41, 5.74) is 0.293. The summed E-state index contributed by atoms with van der Waals surface area (Å²) in [6.45, 7) is 3.34. The van der Waals surface area contributed by atoms with E-state index in [2.05, 4.69) is 25.7 Å². The van der Waals surface area contributed by atoms with Gasteiger partial charge in [0.2, 0.25) is 5.88 Å². The number of aryl methyl sites for hydroxylation is 1. The molecule has 2 aromatic heterocycles. The Morgan fingerprint density at radius 1 is 1.41 bits per heavy atom. The average Bonchev–Trinajstić information content (AvgIpc) is 3.24. The van der Waals surface area contributed by atoms with Gasteiger partial charge in [0.1, 0.15) is 12.2 Å². The van der Waals surface area contributed by atoms with Gasteiger partial charge in [0.25, 0.3) is 5.91 Å². The largest absolute Gasteiger partial charge is 0.378 e. The summed E-state index contributed by atoms with van der Waals surface area (Å²) in [4.78, 5) is 16.9. The summed E-state index contributed by atoms with van der Waals surface area (Å²) in [6.07, 6.45) is 3.05. The molecule has 2 aromatic rings. The smallest absolute Gasteiger partial charge is 0.273 e. The minimum absolute atomic E-state index is 0.235. The molecule has 0 unspecified atom stereocenters. The zero-order valence-corrected chi connectivity index (χ0v) is 12.1. The molecule has 1 fully saturated rings. The van der Waals surface area contributed by atoms with E-state index in [-0.39, 0.29) is 5.91 Å². The Kier molecular flexibility index (Phi) is 4.64. The third-order valence-corrected chi connectivity index (χ3v) is 3.40. The van der Waals surface area contributed by atoms with Crippen molar-refractivity contribution in [3.63, 3.8) is 0 Å². The van der Waals surface area contributed by atoms with Gasteiger partial charge in [-0.15, -0.1) is 10.2 Å². The first-order valence-corrected chi connectivity index (χ1v) is 7.25. The van der Waals surface area contributed by atoms with Gasteiger partial charge in [0, 0.05) is 32.1 Å². The number of hydrogen-bond acceptors (Lipinski definition) is 7. The maximum Gasteiger partial charge on any atom is 0.273 e. The second-order valence-corrected chi connectivity index (χ2v) is 4.94. The molecular weight excluding hydrogens is 288 g/mol. The number of hydrogen-bond donors (Lipinski definition) is 2. The van der Waals surface area contributed by atoms with E-state index in [1.54, 1.807) is 6.07 Å². The molecule has 22 heavy (non-hydrogen) atoms. The van der Waals surface area contributed by atoms with Crippen LogP contribution in [-0.2, 0) is 11.2 Å². The topological polar surface area (TPSA) is 109 Å². The molecule has 118 valence electrons. The minimum atomic E-state index is -0.235. The fourth-order valence-electron chi connectivity index (χ4n) is 2.21. The van der Waals surface area contributed by atoms with E-state index in [9.17, 15) is 4.79 Å². The number of rotatable bonds is 6. The molecule has 3 rings (SSSR count). The zero-order chi connectivity index (χ0) is 15.2. The highest BCUT2D eigenvalue weighted by Crippen LogP contribution is 2.16. The van der Waals surface area contributed by atoms with Crippen LogP contribution < -0.4 is 10.2 Å². The molecule has 1 aliphatic heterocycles. The molecule has 0 aromatic carbocycles. The van der Waals surface area contributed by atoms with Gasteiger partial charge in [-0.05, 0) is 6.42 Å². The predicted molar refractivity (Wildman–Crippen MR) is 76.6 cm³/mol. The third-order valence-electron chi connectivity index (χ3n) is 3.40. The van der Waals surface area contributed by atoms with E-state index in [1.807, 2.05) is 4.90 Å². The summed E-state index contributed by atoms with van der Waals surface area (Å²) < 4.78 is 10.5. The summed E-state index contributed by atoms with van der Waals surface area (Å²) in [6, 6.07) is 1.66. The summed E-state index contributed by atoms with van der Waals surface area (Å²) in [7, 11) is 0. The minimum Gasteiger partial charge on any atom is -0.378 e. The molecule has 9 nitrogen and oxygen atoms in total. The third kappa shape index (κ3) is 3.61. The zero-order valence-electron chi connectivity index (χ0n) is 12.1. The molecule has 1 saturated heterocycles. The summed E-state index contributed by atoms with van der Waals surface area (Å²) in [5, 5.41) is 14.2. The van der Waals surface area contributed by atoms with Crippen molar-refractivity contribution in [1.82, 2.24) is 25.7 Å². The van der Waals surface area contributed by atoms with Crippen LogP contribution >= 0.6 is 0 Å². The number of morpholine rings is 1. The van der Waals surface area contributed by atoms with Crippen molar-refractivity contribution in [2.75, 3.05) is 37.7 Å². The van der Waals surface area contributed by atoms with Crippen LogP contribution in [0.3, 0.4) is 0 Å². The number of carbonyl (C=O) groups is 1. The Hall–Kier alpha value is -2.42. The molecule has 0 aliphatic carbocycles. The van der Waals surface area contributed by atoms with Crippen molar-refractivity contribution in [2.24, 2.45) is 0 Å². The van der Waals surface area contributed by atoms with Crippen LogP contribution in [0.25, 0.3) is 0 Å². The van der Waals surface area contributed by atoms with E-state index in [0.717, 1.165) is 31.8 Å². The van der Waals surface area contributed by atoms with Crippen molar-refractivity contribution in [1.29, 1.82) is 0 Å². The Morgan fingerprint density at radius 3 is 3.05 bits per heavy atom. The first-order chi connectivity index (χ1) is 10.8. The molecule has 3 heterocycles. The van der Waals surface area contributed by atoms with Crippen molar-refractivity contribution < 1.29 is 14.1 Å². The monoisotopic (exact) mass is 306 g/mol. The van der Waals surface area contributed by atoms with Crippen LogP contribution in [0.4, 0.5) is 5.88 Å². The average molecular weight is 306 g/mol. The second-order valence-electron chi connectivity index (χ2n) is 4.94. The van der Waals surface area contributed by atoms with Gasteiger partial charge in [-0.3, -0.25) is 4.79 Å².